The van der Waals surface area contributed by atoms with Crippen molar-refractivity contribution in [3.05, 3.63) is 71.8 Å². The zero-order chi connectivity index (χ0) is 23.9. The fourth-order valence-electron chi connectivity index (χ4n) is 4.61. The molecule has 5 rings (SSSR count). The number of hydrogen-bond donors (Lipinski definition) is 2. The van der Waals surface area contributed by atoms with E-state index in [1.165, 1.54) is 6.07 Å². The molecule has 2 aliphatic heterocycles. The van der Waals surface area contributed by atoms with Crippen molar-refractivity contribution in [3.63, 3.8) is 0 Å². The molecule has 1 saturated heterocycles. The van der Waals surface area contributed by atoms with Crippen molar-refractivity contribution in [2.24, 2.45) is 5.73 Å². The van der Waals surface area contributed by atoms with Gasteiger partial charge in [0.2, 0.25) is 0 Å². The number of alkyl halides is 3. The highest BCUT2D eigenvalue weighted by atomic mass is 19.4. The molecule has 2 aromatic carbocycles. The lowest BCUT2D eigenvalue weighted by atomic mass is 9.99. The average molecular weight is 467 g/mol. The van der Waals surface area contributed by atoms with E-state index < -0.39 is 11.7 Å². The van der Waals surface area contributed by atoms with Crippen LogP contribution in [-0.2, 0) is 12.7 Å². The monoisotopic (exact) mass is 467 g/mol. The topological polar surface area (TPSA) is 74.5 Å². The Morgan fingerprint density at radius 3 is 2.65 bits per heavy atom. The largest absolute Gasteiger partial charge is 0.416 e. The fourth-order valence-corrected chi connectivity index (χ4v) is 4.61. The Kier molecular flexibility index (Phi) is 5.65. The van der Waals surface area contributed by atoms with Gasteiger partial charge in [0, 0.05) is 30.9 Å². The van der Waals surface area contributed by atoms with E-state index in [1.807, 2.05) is 18.2 Å². The molecule has 3 aromatic rings. The molecule has 176 valence electrons. The lowest BCUT2D eigenvalue weighted by Gasteiger charge is -2.45. The van der Waals surface area contributed by atoms with Crippen molar-refractivity contribution in [1.29, 1.82) is 0 Å². The van der Waals surface area contributed by atoms with Gasteiger partial charge in [0.1, 0.15) is 0 Å². The number of fused-ring (bicyclic) bond motifs is 4. The number of urea groups is 1. The standard InChI is InChI=1S/C25H24F3N5O/c26-25(27,28)18-4-1-3-17(13-18)21-10-11-22-23(31-21)33(20-5-2-12-32(22)15-20)24(34)30-19-8-6-16(14-29)7-9-19/h1,3-4,6-11,13,20H,2,5,12,14-15,29H2,(H,30,34)/t20-/m0/s1. The van der Waals surface area contributed by atoms with Gasteiger partial charge in [-0.2, -0.15) is 13.2 Å². The molecule has 34 heavy (non-hydrogen) atoms. The molecule has 0 aliphatic carbocycles. The number of anilines is 3. The van der Waals surface area contributed by atoms with Gasteiger partial charge in [-0.15, -0.1) is 0 Å². The number of hydrogen-bond acceptors (Lipinski definition) is 4. The van der Waals surface area contributed by atoms with Crippen molar-refractivity contribution in [3.8, 4) is 11.3 Å². The van der Waals surface area contributed by atoms with Gasteiger partial charge in [-0.3, -0.25) is 4.90 Å². The molecule has 0 spiro atoms. The first-order chi connectivity index (χ1) is 16.3. The molecule has 0 radical (unpaired) electrons. The molecule has 6 nitrogen and oxygen atoms in total. The highest BCUT2D eigenvalue weighted by molar-refractivity contribution is 6.04. The average Bonchev–Trinajstić information content (AvgIpc) is 2.84. The van der Waals surface area contributed by atoms with Gasteiger partial charge in [0.25, 0.3) is 0 Å². The highest BCUT2D eigenvalue weighted by Gasteiger charge is 2.38. The van der Waals surface area contributed by atoms with Crippen LogP contribution in [0.1, 0.15) is 24.0 Å². The van der Waals surface area contributed by atoms with Gasteiger partial charge in [0.05, 0.1) is 23.0 Å². The number of nitrogens with two attached hydrogens (primary N) is 1. The number of nitrogens with one attached hydrogen (secondary N) is 1. The van der Waals surface area contributed by atoms with Crippen LogP contribution in [0.15, 0.2) is 60.7 Å². The van der Waals surface area contributed by atoms with Crippen molar-refractivity contribution in [2.75, 3.05) is 28.2 Å². The molecule has 3 heterocycles. The molecular weight excluding hydrogens is 443 g/mol. The van der Waals surface area contributed by atoms with Gasteiger partial charge in [-0.05, 0) is 54.8 Å². The van der Waals surface area contributed by atoms with E-state index in [9.17, 15) is 18.0 Å². The first-order valence-electron chi connectivity index (χ1n) is 11.2. The molecule has 0 unspecified atom stereocenters. The lowest BCUT2D eigenvalue weighted by molar-refractivity contribution is -0.137. The van der Waals surface area contributed by atoms with E-state index >= 15 is 0 Å². The second-order valence-corrected chi connectivity index (χ2v) is 8.56. The molecule has 0 saturated carbocycles. The van der Waals surface area contributed by atoms with Crippen molar-refractivity contribution < 1.29 is 18.0 Å². The fraction of sp³-hybridized carbons (Fsp3) is 0.280. The molecule has 2 aliphatic rings. The van der Waals surface area contributed by atoms with Crippen molar-refractivity contribution in [1.82, 2.24) is 4.98 Å². The SMILES string of the molecule is NCc1ccc(NC(=O)N2c3nc(-c4cccc(C(F)(F)F)c4)ccc3N3CCC[C@H]2C3)cc1. The van der Waals surface area contributed by atoms with E-state index in [-0.39, 0.29) is 12.1 Å². The maximum Gasteiger partial charge on any atom is 0.416 e. The third-order valence-electron chi connectivity index (χ3n) is 6.33. The predicted octanol–water partition coefficient (Wildman–Crippen LogP) is 5.25. The Morgan fingerprint density at radius 1 is 1.12 bits per heavy atom. The quantitative estimate of drug-likeness (QED) is 0.552. The number of piperidine rings is 1. The third kappa shape index (κ3) is 4.19. The molecule has 1 fully saturated rings. The van der Waals surface area contributed by atoms with Crippen LogP contribution in [0.3, 0.4) is 0 Å². The van der Waals surface area contributed by atoms with Crippen LogP contribution >= 0.6 is 0 Å². The Bertz CT molecular complexity index is 1210. The summed E-state index contributed by atoms with van der Waals surface area (Å²) in [6.45, 7) is 1.95. The molecule has 1 aromatic heterocycles. The minimum Gasteiger partial charge on any atom is -0.366 e. The maximum atomic E-state index is 13.4. The summed E-state index contributed by atoms with van der Waals surface area (Å²) in [6.07, 6.45) is -2.68. The maximum absolute atomic E-state index is 13.4. The van der Waals surface area contributed by atoms with Crippen LogP contribution in [-0.4, -0.2) is 30.1 Å². The lowest BCUT2D eigenvalue weighted by Crippen LogP contribution is -2.56. The molecule has 9 heteroatoms. The minimum atomic E-state index is -4.45. The highest BCUT2D eigenvalue weighted by Crippen LogP contribution is 2.40. The van der Waals surface area contributed by atoms with Gasteiger partial charge in [0.15, 0.2) is 5.82 Å². The molecule has 3 N–H and O–H groups in total. The van der Waals surface area contributed by atoms with Gasteiger partial charge in [-0.25, -0.2) is 9.78 Å². The second kappa shape index (κ2) is 8.64. The van der Waals surface area contributed by atoms with Crippen LogP contribution in [0.25, 0.3) is 11.3 Å². The molecule has 2 amide bonds. The van der Waals surface area contributed by atoms with E-state index in [4.69, 9.17) is 10.7 Å². The number of carbonyl (C=O) groups is 1. The van der Waals surface area contributed by atoms with Crippen molar-refractivity contribution >= 4 is 23.2 Å². The third-order valence-corrected chi connectivity index (χ3v) is 6.33. The number of halogens is 3. The summed E-state index contributed by atoms with van der Waals surface area (Å²) in [6, 6.07) is 15.5. The number of rotatable bonds is 3. The number of pyridine rings is 1. The minimum absolute atomic E-state index is 0.0752. The Morgan fingerprint density at radius 2 is 1.91 bits per heavy atom. The zero-order valence-corrected chi connectivity index (χ0v) is 18.3. The Hall–Kier alpha value is -3.59. The Labute approximate surface area is 195 Å². The van der Waals surface area contributed by atoms with Crippen LogP contribution in [0.2, 0.25) is 0 Å². The zero-order valence-electron chi connectivity index (χ0n) is 18.3. The number of benzene rings is 2. The number of amides is 2. The van der Waals surface area contributed by atoms with Gasteiger partial charge in [-0.1, -0.05) is 24.3 Å². The summed E-state index contributed by atoms with van der Waals surface area (Å²) < 4.78 is 39.7. The van der Waals surface area contributed by atoms with Crippen molar-refractivity contribution in [2.45, 2.75) is 31.6 Å². The van der Waals surface area contributed by atoms with Gasteiger partial charge >= 0.3 is 12.2 Å². The first kappa shape index (κ1) is 22.2. The van der Waals surface area contributed by atoms with E-state index in [1.54, 1.807) is 29.2 Å². The molecular formula is C25H24F3N5O. The van der Waals surface area contributed by atoms with Crippen LogP contribution in [0.4, 0.5) is 35.2 Å². The summed E-state index contributed by atoms with van der Waals surface area (Å²) in [5.41, 5.74) is 8.05. The summed E-state index contributed by atoms with van der Waals surface area (Å²) >= 11 is 0. The summed E-state index contributed by atoms with van der Waals surface area (Å²) in [4.78, 5) is 21.9. The van der Waals surface area contributed by atoms with Crippen LogP contribution < -0.4 is 20.9 Å². The second-order valence-electron chi connectivity index (χ2n) is 8.56. The van der Waals surface area contributed by atoms with E-state index in [2.05, 4.69) is 10.2 Å². The smallest absolute Gasteiger partial charge is 0.366 e. The Balaban J connectivity index is 1.52. The molecule has 2 bridgehead atoms. The number of nitrogens with zero attached hydrogens (tertiary/aromatic N) is 3. The molecule has 1 atom stereocenters. The summed E-state index contributed by atoms with van der Waals surface area (Å²) in [5, 5.41) is 2.93. The first-order valence-corrected chi connectivity index (χ1v) is 11.2. The van der Waals surface area contributed by atoms with Gasteiger partial charge < -0.3 is 16.0 Å². The normalized spacial score (nSPS) is 17.4. The van der Waals surface area contributed by atoms with E-state index in [0.29, 0.717) is 35.9 Å². The number of aromatic nitrogens is 1. The summed E-state index contributed by atoms with van der Waals surface area (Å²) in [7, 11) is 0. The van der Waals surface area contributed by atoms with Crippen LogP contribution in [0.5, 0.6) is 0 Å². The number of carbonyl (C=O) groups excluding carboxylic acids is 1. The predicted molar refractivity (Wildman–Crippen MR) is 126 cm³/mol. The summed E-state index contributed by atoms with van der Waals surface area (Å²) in [5.74, 6) is 0.460. The van der Waals surface area contributed by atoms with Crippen LogP contribution in [0, 0.1) is 0 Å². The van der Waals surface area contributed by atoms with E-state index in [0.717, 1.165) is 42.8 Å².